The van der Waals surface area contributed by atoms with E-state index in [0.717, 1.165) is 0 Å². The minimum Gasteiger partial charge on any atom is -0.480 e. The number of carboxylic acid groups (broad SMARTS) is 1. The van der Waals surface area contributed by atoms with Gasteiger partial charge in [0.1, 0.15) is 8.84 Å². The predicted molar refractivity (Wildman–Crippen MR) is 22.7 cm³/mol. The molecule has 0 aliphatic carbocycles. The fourth-order valence-electron chi connectivity index (χ4n) is 0.0676. The SMILES string of the molecule is [2H]N([2H])[C@@]([2H])(CO)C(=O)O. The lowest BCUT2D eigenvalue weighted by molar-refractivity contribution is -0.139. The van der Waals surface area contributed by atoms with Crippen molar-refractivity contribution < 1.29 is 19.2 Å². The summed E-state index contributed by atoms with van der Waals surface area (Å²) in [5.41, 5.74) is -0.366. The predicted octanol–water partition coefficient (Wildman–Crippen LogP) is -1.61. The highest BCUT2D eigenvalue weighted by molar-refractivity contribution is 5.73. The first-order valence-corrected chi connectivity index (χ1v) is 1.57. The average molecular weight is 108 g/mol. The summed E-state index contributed by atoms with van der Waals surface area (Å²) in [6.07, 6.45) is 0. The zero-order valence-electron chi connectivity index (χ0n) is 6.46. The van der Waals surface area contributed by atoms with Gasteiger partial charge >= 0.3 is 5.97 Å². The Balaban J connectivity index is 4.38. The quantitative estimate of drug-likeness (QED) is 0.406. The third kappa shape index (κ3) is 2.13. The summed E-state index contributed by atoms with van der Waals surface area (Å²) in [7, 11) is 0. The fraction of sp³-hybridized carbons (Fsp3) is 0.667. The fourth-order valence-corrected chi connectivity index (χ4v) is 0.0676. The molecule has 4 N–H and O–H groups in total. The monoisotopic (exact) mass is 108 g/mol. The molecule has 0 amide bonds. The summed E-state index contributed by atoms with van der Waals surface area (Å²) < 4.78 is 19.6. The van der Waals surface area contributed by atoms with Gasteiger partial charge < -0.3 is 15.9 Å². The second-order valence-corrected chi connectivity index (χ2v) is 0.910. The van der Waals surface area contributed by atoms with Gasteiger partial charge in [-0.15, -0.1) is 0 Å². The van der Waals surface area contributed by atoms with Gasteiger partial charge in [-0.2, -0.15) is 0 Å². The summed E-state index contributed by atoms with van der Waals surface area (Å²) in [5, 5.41) is 16.4. The highest BCUT2D eigenvalue weighted by atomic mass is 16.4. The van der Waals surface area contributed by atoms with Crippen molar-refractivity contribution in [3.8, 4) is 0 Å². The Hall–Kier alpha value is -0.610. The van der Waals surface area contributed by atoms with Crippen LogP contribution in [-0.2, 0) is 4.79 Å². The second kappa shape index (κ2) is 2.54. The van der Waals surface area contributed by atoms with E-state index in [1.165, 1.54) is 0 Å². The van der Waals surface area contributed by atoms with Crippen LogP contribution in [0.25, 0.3) is 0 Å². The van der Waals surface area contributed by atoms with Gasteiger partial charge in [0.05, 0.1) is 7.98 Å². The molecule has 42 valence electrons. The van der Waals surface area contributed by atoms with Crippen molar-refractivity contribution >= 4 is 5.97 Å². The Morgan fingerprint density at radius 1 is 2.29 bits per heavy atom. The van der Waals surface area contributed by atoms with Crippen LogP contribution < -0.4 is 5.72 Å². The lowest BCUT2D eigenvalue weighted by atomic mass is 10.3. The van der Waals surface area contributed by atoms with Crippen molar-refractivity contribution in [2.24, 2.45) is 5.72 Å². The Bertz CT molecular complexity index is 141. The smallest absolute Gasteiger partial charge is 0.322 e. The number of carbonyl (C=O) groups is 1. The van der Waals surface area contributed by atoms with E-state index in [0.29, 0.717) is 0 Å². The van der Waals surface area contributed by atoms with Crippen molar-refractivity contribution in [1.82, 2.24) is 0 Å². The Morgan fingerprint density at radius 2 is 2.86 bits per heavy atom. The summed E-state index contributed by atoms with van der Waals surface area (Å²) in [6.45, 7) is -1.09. The van der Waals surface area contributed by atoms with E-state index >= 15 is 0 Å². The van der Waals surface area contributed by atoms with Gasteiger partial charge in [-0.25, -0.2) is 0 Å². The minimum atomic E-state index is -2.57. The molecule has 0 fully saturated rings. The highest BCUT2D eigenvalue weighted by Gasteiger charge is 2.06. The van der Waals surface area contributed by atoms with Gasteiger partial charge in [-0.05, 0) is 0 Å². The molecule has 0 aromatic carbocycles. The number of hydrogen-bond acceptors (Lipinski definition) is 3. The first kappa shape index (κ1) is 2.64. The molecule has 0 aliphatic heterocycles. The zero-order valence-corrected chi connectivity index (χ0v) is 3.46. The van der Waals surface area contributed by atoms with E-state index in [1.54, 1.807) is 0 Å². The lowest BCUT2D eigenvalue weighted by Gasteiger charge is -1.96. The molecule has 0 aromatic heterocycles. The maximum absolute atomic E-state index is 10.1. The molecule has 0 radical (unpaired) electrons. The van der Waals surface area contributed by atoms with Crippen LogP contribution in [0.2, 0.25) is 2.82 Å². The van der Waals surface area contributed by atoms with Crippen molar-refractivity contribution in [1.29, 1.82) is 0 Å². The third-order valence-electron chi connectivity index (χ3n) is 0.397. The first-order valence-electron chi connectivity index (χ1n) is 2.97. The summed E-state index contributed by atoms with van der Waals surface area (Å²) in [6, 6.07) is -2.57. The Labute approximate surface area is 44.9 Å². The second-order valence-electron chi connectivity index (χ2n) is 0.910. The Kier molecular flexibility index (Phi) is 0.958. The summed E-state index contributed by atoms with van der Waals surface area (Å²) in [5.74, 6) is -1.72. The van der Waals surface area contributed by atoms with Crippen LogP contribution in [0.1, 0.15) is 1.37 Å². The molecular weight excluding hydrogens is 98.0 g/mol. The van der Waals surface area contributed by atoms with Gasteiger partial charge in [0, 0.05) is 0 Å². The van der Waals surface area contributed by atoms with Gasteiger partial charge in [0.15, 0.2) is 0 Å². The number of rotatable bonds is 3. The molecule has 0 unspecified atom stereocenters. The molecule has 0 heterocycles. The van der Waals surface area contributed by atoms with Crippen molar-refractivity contribution in [3.05, 3.63) is 0 Å². The van der Waals surface area contributed by atoms with Crippen LogP contribution in [0.15, 0.2) is 0 Å². The van der Waals surface area contributed by atoms with Gasteiger partial charge in [-0.3, -0.25) is 4.79 Å². The van der Waals surface area contributed by atoms with Gasteiger partial charge in [-0.1, -0.05) is 0 Å². The van der Waals surface area contributed by atoms with E-state index in [9.17, 15) is 4.79 Å². The first-order chi connectivity index (χ1) is 4.45. The number of hydrogen-bond donors (Lipinski definition) is 3. The van der Waals surface area contributed by atoms with E-state index in [4.69, 9.17) is 14.4 Å². The maximum atomic E-state index is 10.1. The molecule has 0 aromatic rings. The average Bonchev–Trinajstić information content (AvgIpc) is 1.85. The molecule has 0 saturated heterocycles. The molecular formula is C3H7NO3. The number of aliphatic hydroxyl groups is 1. The molecule has 4 nitrogen and oxygen atoms in total. The van der Waals surface area contributed by atoms with E-state index in [-0.39, 0.29) is 5.72 Å². The third-order valence-corrected chi connectivity index (χ3v) is 0.397. The van der Waals surface area contributed by atoms with Crippen molar-refractivity contribution in [2.45, 2.75) is 6.02 Å². The lowest BCUT2D eigenvalue weighted by Crippen LogP contribution is -2.33. The van der Waals surface area contributed by atoms with Crippen LogP contribution >= 0.6 is 0 Å². The molecule has 0 saturated carbocycles. The van der Waals surface area contributed by atoms with Gasteiger partial charge in [0.25, 0.3) is 0 Å². The van der Waals surface area contributed by atoms with Crippen LogP contribution in [-0.4, -0.2) is 28.8 Å². The zero-order chi connectivity index (χ0) is 8.36. The van der Waals surface area contributed by atoms with Crippen LogP contribution in [0.5, 0.6) is 0 Å². The normalized spacial score (nSPS) is 24.6. The molecule has 0 spiro atoms. The van der Waals surface area contributed by atoms with Crippen molar-refractivity contribution in [2.75, 3.05) is 6.61 Å². The molecule has 0 aliphatic rings. The van der Waals surface area contributed by atoms with Crippen LogP contribution in [0.3, 0.4) is 0 Å². The maximum Gasteiger partial charge on any atom is 0.322 e. The summed E-state index contributed by atoms with van der Waals surface area (Å²) >= 11 is 0. The van der Waals surface area contributed by atoms with E-state index < -0.39 is 18.6 Å². The van der Waals surface area contributed by atoms with E-state index in [1.807, 2.05) is 0 Å². The molecule has 1 atom stereocenters. The molecule has 0 bridgehead atoms. The standard InChI is InChI=1S/C3H7NO3/c4-2(1-5)3(6)7/h2,5H,1,4H2,(H,6,7)/t2-/m0/s1/i2D/hD2. The van der Waals surface area contributed by atoms with Crippen molar-refractivity contribution in [3.63, 3.8) is 0 Å². The minimum absolute atomic E-state index is 0.366. The number of carboxylic acids is 1. The van der Waals surface area contributed by atoms with Crippen LogP contribution in [0, 0.1) is 0 Å². The molecule has 0 rings (SSSR count). The van der Waals surface area contributed by atoms with E-state index in [2.05, 4.69) is 0 Å². The highest BCUT2D eigenvalue weighted by Crippen LogP contribution is 1.71. The topological polar surface area (TPSA) is 83.5 Å². The molecule has 4 heteroatoms. The number of nitrogens with two attached hydrogens (primary N) is 1. The molecule has 7 heavy (non-hydrogen) atoms. The summed E-state index contributed by atoms with van der Waals surface area (Å²) in [4.78, 5) is 10.1. The van der Waals surface area contributed by atoms with Gasteiger partial charge in [0.2, 0.25) is 0 Å². The largest absolute Gasteiger partial charge is 0.480 e. The number of aliphatic hydroxyl groups excluding tert-OH is 1. The number of aliphatic carboxylic acids is 1. The Morgan fingerprint density at radius 3 is 2.86 bits per heavy atom. The van der Waals surface area contributed by atoms with Crippen LogP contribution in [0.4, 0.5) is 0 Å².